The molecule has 8 rings (SSSR count). The first kappa shape index (κ1) is 20.0. The molecule has 0 bridgehead atoms. The number of aliphatic imine (C=N–C) groups is 4. The van der Waals surface area contributed by atoms with E-state index in [2.05, 4.69) is 57.7 Å². The van der Waals surface area contributed by atoms with Gasteiger partial charge >= 0.3 is 0 Å². The summed E-state index contributed by atoms with van der Waals surface area (Å²) in [6.45, 7) is 6.70. The Morgan fingerprint density at radius 1 is 0.417 bits per heavy atom. The van der Waals surface area contributed by atoms with E-state index < -0.39 is 0 Å². The van der Waals surface area contributed by atoms with Gasteiger partial charge in [0, 0.05) is 48.4 Å². The van der Waals surface area contributed by atoms with Crippen LogP contribution in [0.3, 0.4) is 0 Å². The van der Waals surface area contributed by atoms with Gasteiger partial charge in [-0.05, 0) is 44.5 Å². The van der Waals surface area contributed by atoms with Crippen LogP contribution in [0.4, 0.5) is 0 Å². The Kier molecular flexibility index (Phi) is 4.26. The standard InChI is InChI=1S/C28H26N8/c1-2-16-20(26-31-7-8-32-26)14-22(28-35-11-12-36-28)18-4-3-17-21(27-33-9-10-34-27)13-19(25-29-5-6-30-25)15(1)23(17)24(16)18/h1-4,13-14H,5-12H2,(H,29,30)(H,31,32)(H,33,34)(H,35,36). The second kappa shape index (κ2) is 7.65. The van der Waals surface area contributed by atoms with E-state index in [1.165, 1.54) is 32.3 Å². The van der Waals surface area contributed by atoms with Crippen LogP contribution >= 0.6 is 0 Å². The van der Waals surface area contributed by atoms with Crippen LogP contribution in [0.2, 0.25) is 0 Å². The molecule has 0 saturated heterocycles. The molecular formula is C28H26N8. The van der Waals surface area contributed by atoms with Crippen LogP contribution < -0.4 is 21.3 Å². The van der Waals surface area contributed by atoms with E-state index in [0.717, 1.165) is 98.0 Å². The molecular weight excluding hydrogens is 448 g/mol. The van der Waals surface area contributed by atoms with Crippen molar-refractivity contribution in [2.24, 2.45) is 20.0 Å². The summed E-state index contributed by atoms with van der Waals surface area (Å²) in [6, 6.07) is 13.6. The van der Waals surface area contributed by atoms with Gasteiger partial charge in [0.25, 0.3) is 0 Å². The molecule has 4 aliphatic rings. The van der Waals surface area contributed by atoms with Crippen LogP contribution in [-0.4, -0.2) is 75.7 Å². The fourth-order valence-corrected chi connectivity index (χ4v) is 6.09. The van der Waals surface area contributed by atoms with E-state index >= 15 is 0 Å². The summed E-state index contributed by atoms with van der Waals surface area (Å²) in [6.07, 6.45) is 0. The van der Waals surface area contributed by atoms with Gasteiger partial charge in [0.15, 0.2) is 0 Å². The van der Waals surface area contributed by atoms with Gasteiger partial charge in [0.05, 0.1) is 26.2 Å². The molecule has 4 aromatic carbocycles. The Morgan fingerprint density at radius 3 is 0.917 bits per heavy atom. The molecule has 36 heavy (non-hydrogen) atoms. The Hall–Kier alpha value is -4.20. The molecule has 0 saturated carbocycles. The molecule has 4 aromatic rings. The van der Waals surface area contributed by atoms with E-state index in [4.69, 9.17) is 20.0 Å². The lowest BCUT2D eigenvalue weighted by atomic mass is 9.85. The van der Waals surface area contributed by atoms with Gasteiger partial charge in [0.1, 0.15) is 23.3 Å². The van der Waals surface area contributed by atoms with Crippen LogP contribution in [-0.2, 0) is 0 Å². The first-order valence-corrected chi connectivity index (χ1v) is 12.8. The summed E-state index contributed by atoms with van der Waals surface area (Å²) in [5.41, 5.74) is 4.56. The number of benzene rings is 4. The van der Waals surface area contributed by atoms with Crippen molar-refractivity contribution in [2.75, 3.05) is 52.4 Å². The van der Waals surface area contributed by atoms with Crippen molar-refractivity contribution < 1.29 is 0 Å². The molecule has 8 nitrogen and oxygen atoms in total. The van der Waals surface area contributed by atoms with E-state index in [9.17, 15) is 0 Å². The van der Waals surface area contributed by atoms with Gasteiger partial charge < -0.3 is 21.3 Å². The topological polar surface area (TPSA) is 97.6 Å². The normalized spacial score (nSPS) is 19.2. The molecule has 8 heteroatoms. The lowest BCUT2D eigenvalue weighted by Gasteiger charge is -2.21. The zero-order valence-corrected chi connectivity index (χ0v) is 19.9. The van der Waals surface area contributed by atoms with Gasteiger partial charge in [-0.25, -0.2) is 0 Å². The maximum atomic E-state index is 4.80. The minimum atomic E-state index is 0.803. The fraction of sp³-hybridized carbons (Fsp3) is 0.286. The van der Waals surface area contributed by atoms with Gasteiger partial charge in [0.2, 0.25) is 0 Å². The summed E-state index contributed by atoms with van der Waals surface area (Å²) in [4.78, 5) is 19.2. The largest absolute Gasteiger partial charge is 0.368 e. The molecule has 0 aromatic heterocycles. The molecule has 0 atom stereocenters. The fourth-order valence-electron chi connectivity index (χ4n) is 6.09. The predicted molar refractivity (Wildman–Crippen MR) is 148 cm³/mol. The third kappa shape index (κ3) is 2.81. The molecule has 0 fully saturated rings. The summed E-state index contributed by atoms with van der Waals surface area (Å²) in [7, 11) is 0. The van der Waals surface area contributed by atoms with Crippen molar-refractivity contribution in [3.05, 3.63) is 58.7 Å². The molecule has 0 amide bonds. The molecule has 0 radical (unpaired) electrons. The highest BCUT2D eigenvalue weighted by Crippen LogP contribution is 2.41. The van der Waals surface area contributed by atoms with Gasteiger partial charge in [-0.2, -0.15) is 0 Å². The van der Waals surface area contributed by atoms with Crippen molar-refractivity contribution in [3.8, 4) is 0 Å². The zero-order chi connectivity index (χ0) is 23.6. The number of rotatable bonds is 4. The van der Waals surface area contributed by atoms with Gasteiger partial charge in [-0.1, -0.05) is 24.3 Å². The lowest BCUT2D eigenvalue weighted by molar-refractivity contribution is 0.959. The monoisotopic (exact) mass is 474 g/mol. The third-order valence-corrected chi connectivity index (χ3v) is 7.62. The average molecular weight is 475 g/mol. The van der Waals surface area contributed by atoms with E-state index in [-0.39, 0.29) is 0 Å². The van der Waals surface area contributed by atoms with Crippen molar-refractivity contribution in [1.82, 2.24) is 21.3 Å². The molecule has 178 valence electrons. The highest BCUT2D eigenvalue weighted by Gasteiger charge is 2.25. The number of hydrogen-bond acceptors (Lipinski definition) is 8. The SMILES string of the molecule is c1c(C2=NCCN2)c2ccc3c(C4=NCCN4)cc(C4=NCCN4)c4ccc(c1C1=NCCN1)c2c34. The van der Waals surface area contributed by atoms with Crippen molar-refractivity contribution >= 4 is 55.7 Å². The van der Waals surface area contributed by atoms with Crippen LogP contribution in [0.15, 0.2) is 56.4 Å². The average Bonchev–Trinajstić information content (AvgIpc) is 3.74. The Morgan fingerprint density at radius 2 is 0.694 bits per heavy atom. The molecule has 4 N–H and O–H groups in total. The maximum absolute atomic E-state index is 4.80. The summed E-state index contributed by atoms with van der Waals surface area (Å²) >= 11 is 0. The highest BCUT2D eigenvalue weighted by atomic mass is 15.1. The van der Waals surface area contributed by atoms with Crippen molar-refractivity contribution in [3.63, 3.8) is 0 Å². The summed E-state index contributed by atoms with van der Waals surface area (Å²) in [5.74, 6) is 3.88. The van der Waals surface area contributed by atoms with Crippen LogP contribution in [0.1, 0.15) is 22.3 Å². The molecule has 4 heterocycles. The minimum absolute atomic E-state index is 0.803. The molecule has 0 aliphatic carbocycles. The zero-order valence-electron chi connectivity index (χ0n) is 19.9. The van der Waals surface area contributed by atoms with E-state index in [1.807, 2.05) is 0 Å². The number of nitrogens with one attached hydrogen (secondary N) is 4. The molecule has 0 spiro atoms. The van der Waals surface area contributed by atoms with E-state index in [0.29, 0.717) is 0 Å². The predicted octanol–water partition coefficient (Wildman–Crippen LogP) is 1.98. The maximum Gasteiger partial charge on any atom is 0.129 e. The van der Waals surface area contributed by atoms with Crippen molar-refractivity contribution in [1.29, 1.82) is 0 Å². The summed E-state index contributed by atoms with van der Waals surface area (Å²) < 4.78 is 0. The lowest BCUT2D eigenvalue weighted by Crippen LogP contribution is -2.24. The third-order valence-electron chi connectivity index (χ3n) is 7.62. The van der Waals surface area contributed by atoms with Crippen LogP contribution in [0.5, 0.6) is 0 Å². The molecule has 0 unspecified atom stereocenters. The minimum Gasteiger partial charge on any atom is -0.368 e. The van der Waals surface area contributed by atoms with Crippen molar-refractivity contribution in [2.45, 2.75) is 0 Å². The Labute approximate surface area is 208 Å². The number of nitrogens with zero attached hydrogens (tertiary/aromatic N) is 4. The second-order valence-electron chi connectivity index (χ2n) is 9.64. The first-order chi connectivity index (χ1) is 17.9. The second-order valence-corrected chi connectivity index (χ2v) is 9.64. The number of amidine groups is 4. The Bertz CT molecular complexity index is 1450. The highest BCUT2D eigenvalue weighted by molar-refractivity contribution is 6.34. The summed E-state index contributed by atoms with van der Waals surface area (Å²) in [5, 5.41) is 21.4. The van der Waals surface area contributed by atoms with Crippen LogP contribution in [0.25, 0.3) is 32.3 Å². The smallest absolute Gasteiger partial charge is 0.129 e. The Balaban J connectivity index is 1.55. The number of hydrogen-bond donors (Lipinski definition) is 4. The van der Waals surface area contributed by atoms with Gasteiger partial charge in [-0.15, -0.1) is 0 Å². The van der Waals surface area contributed by atoms with E-state index in [1.54, 1.807) is 0 Å². The first-order valence-electron chi connectivity index (χ1n) is 12.8. The van der Waals surface area contributed by atoms with Gasteiger partial charge in [-0.3, -0.25) is 20.0 Å². The van der Waals surface area contributed by atoms with Crippen LogP contribution in [0, 0.1) is 0 Å². The quantitative estimate of drug-likeness (QED) is 0.340. The molecule has 4 aliphatic heterocycles.